The van der Waals surface area contributed by atoms with Gasteiger partial charge in [-0.05, 0) is 30.7 Å². The van der Waals surface area contributed by atoms with Crippen LogP contribution < -0.4 is 5.32 Å². The Kier molecular flexibility index (Phi) is 4.86. The predicted molar refractivity (Wildman–Crippen MR) is 83.8 cm³/mol. The summed E-state index contributed by atoms with van der Waals surface area (Å²) in [5.41, 5.74) is 2.86. The van der Waals surface area contributed by atoms with E-state index in [1.165, 1.54) is 0 Å². The van der Waals surface area contributed by atoms with Crippen LogP contribution in [0.4, 0.5) is 5.69 Å². The van der Waals surface area contributed by atoms with Crippen LogP contribution >= 0.6 is 27.5 Å². The van der Waals surface area contributed by atoms with Gasteiger partial charge in [-0.25, -0.2) is 0 Å². The van der Waals surface area contributed by atoms with Gasteiger partial charge in [-0.15, -0.1) is 0 Å². The van der Waals surface area contributed by atoms with E-state index in [2.05, 4.69) is 21.2 Å². The maximum absolute atomic E-state index is 10.2. The molecule has 1 unspecified atom stereocenters. The fourth-order valence-electron chi connectivity index (χ4n) is 1.86. The maximum Gasteiger partial charge on any atom is 0.0976 e. The van der Waals surface area contributed by atoms with Crippen molar-refractivity contribution < 1.29 is 5.11 Å². The van der Waals surface area contributed by atoms with Crippen LogP contribution in [-0.4, -0.2) is 11.7 Å². The number of aliphatic hydroxyl groups is 1. The molecule has 0 aromatic heterocycles. The summed E-state index contributed by atoms with van der Waals surface area (Å²) in [6.07, 6.45) is -0.632. The highest BCUT2D eigenvalue weighted by molar-refractivity contribution is 9.10. The van der Waals surface area contributed by atoms with Crippen molar-refractivity contribution in [3.05, 3.63) is 63.1 Å². The molecule has 0 radical (unpaired) electrons. The highest BCUT2D eigenvalue weighted by atomic mass is 79.9. The molecule has 4 heteroatoms. The first-order valence-corrected chi connectivity index (χ1v) is 7.18. The standard InChI is InChI=1S/C15H15BrClNO/c1-10-12(16)6-4-8-14(10)18-9-15(19)11-5-2-3-7-13(11)17/h2-8,15,18-19H,9H2,1H3. The average molecular weight is 341 g/mol. The van der Waals surface area contributed by atoms with Crippen molar-refractivity contribution in [1.82, 2.24) is 0 Å². The lowest BCUT2D eigenvalue weighted by atomic mass is 10.1. The summed E-state index contributed by atoms with van der Waals surface area (Å²) in [7, 11) is 0. The zero-order chi connectivity index (χ0) is 13.8. The molecule has 100 valence electrons. The van der Waals surface area contributed by atoms with Crippen molar-refractivity contribution in [3.8, 4) is 0 Å². The molecule has 0 aliphatic rings. The molecule has 0 saturated carbocycles. The Morgan fingerprint density at radius 3 is 2.68 bits per heavy atom. The Labute approximate surface area is 126 Å². The zero-order valence-corrected chi connectivity index (χ0v) is 12.9. The van der Waals surface area contributed by atoms with E-state index < -0.39 is 6.10 Å². The van der Waals surface area contributed by atoms with Crippen LogP contribution in [0.5, 0.6) is 0 Å². The third-order valence-corrected chi connectivity index (χ3v) is 4.22. The second-order valence-electron chi connectivity index (χ2n) is 4.33. The van der Waals surface area contributed by atoms with E-state index in [4.69, 9.17) is 11.6 Å². The van der Waals surface area contributed by atoms with Gasteiger partial charge < -0.3 is 10.4 Å². The average Bonchev–Trinajstić information content (AvgIpc) is 2.40. The molecule has 2 nitrogen and oxygen atoms in total. The van der Waals surface area contributed by atoms with Crippen molar-refractivity contribution in [1.29, 1.82) is 0 Å². The third kappa shape index (κ3) is 3.50. The number of anilines is 1. The first-order valence-electron chi connectivity index (χ1n) is 6.01. The number of rotatable bonds is 4. The van der Waals surface area contributed by atoms with Crippen LogP contribution in [0.3, 0.4) is 0 Å². The Morgan fingerprint density at radius 2 is 1.95 bits per heavy atom. The molecule has 0 aliphatic carbocycles. The number of aliphatic hydroxyl groups excluding tert-OH is 1. The lowest BCUT2D eigenvalue weighted by Gasteiger charge is -2.16. The van der Waals surface area contributed by atoms with Crippen molar-refractivity contribution >= 4 is 33.2 Å². The lowest BCUT2D eigenvalue weighted by Crippen LogP contribution is -2.13. The van der Waals surface area contributed by atoms with E-state index in [0.29, 0.717) is 11.6 Å². The SMILES string of the molecule is Cc1c(Br)cccc1NCC(O)c1ccccc1Cl. The van der Waals surface area contributed by atoms with Crippen LogP contribution in [0.15, 0.2) is 46.9 Å². The largest absolute Gasteiger partial charge is 0.387 e. The van der Waals surface area contributed by atoms with Gasteiger partial charge in [0.2, 0.25) is 0 Å². The van der Waals surface area contributed by atoms with Crippen LogP contribution in [-0.2, 0) is 0 Å². The third-order valence-electron chi connectivity index (χ3n) is 3.02. The van der Waals surface area contributed by atoms with Crippen LogP contribution in [0.2, 0.25) is 5.02 Å². The molecule has 0 fully saturated rings. The summed E-state index contributed by atoms with van der Waals surface area (Å²) < 4.78 is 1.05. The fraction of sp³-hybridized carbons (Fsp3) is 0.200. The van der Waals surface area contributed by atoms with Gasteiger partial charge in [0, 0.05) is 27.3 Å². The lowest BCUT2D eigenvalue weighted by molar-refractivity contribution is 0.191. The number of hydrogen-bond acceptors (Lipinski definition) is 2. The molecular formula is C15H15BrClNO. The molecule has 1 atom stereocenters. The molecular weight excluding hydrogens is 326 g/mol. The van der Waals surface area contributed by atoms with E-state index in [-0.39, 0.29) is 0 Å². The topological polar surface area (TPSA) is 32.3 Å². The zero-order valence-electron chi connectivity index (χ0n) is 10.5. The van der Waals surface area contributed by atoms with Gasteiger partial charge in [-0.2, -0.15) is 0 Å². The molecule has 2 aromatic rings. The van der Waals surface area contributed by atoms with E-state index in [1.807, 2.05) is 43.3 Å². The van der Waals surface area contributed by atoms with Gasteiger partial charge in [0.05, 0.1) is 6.10 Å². The second kappa shape index (κ2) is 6.42. The van der Waals surface area contributed by atoms with Gasteiger partial charge in [0.25, 0.3) is 0 Å². The molecule has 2 N–H and O–H groups in total. The van der Waals surface area contributed by atoms with Gasteiger partial charge in [-0.3, -0.25) is 0 Å². The number of benzene rings is 2. The van der Waals surface area contributed by atoms with Gasteiger partial charge in [-0.1, -0.05) is 51.8 Å². The summed E-state index contributed by atoms with van der Waals surface area (Å²) in [5, 5.41) is 14.0. The maximum atomic E-state index is 10.2. The van der Waals surface area contributed by atoms with E-state index in [1.54, 1.807) is 6.07 Å². The van der Waals surface area contributed by atoms with Crippen LogP contribution in [0, 0.1) is 6.92 Å². The molecule has 0 aliphatic heterocycles. The van der Waals surface area contributed by atoms with Gasteiger partial charge in [0.1, 0.15) is 0 Å². The first-order chi connectivity index (χ1) is 9.09. The molecule has 19 heavy (non-hydrogen) atoms. The molecule has 0 amide bonds. The number of halogens is 2. The summed E-state index contributed by atoms with van der Waals surface area (Å²) in [6.45, 7) is 2.44. The summed E-state index contributed by atoms with van der Waals surface area (Å²) in [5.74, 6) is 0. The van der Waals surface area contributed by atoms with E-state index >= 15 is 0 Å². The second-order valence-corrected chi connectivity index (χ2v) is 5.59. The molecule has 0 bridgehead atoms. The normalized spacial score (nSPS) is 12.2. The summed E-state index contributed by atoms with van der Waals surface area (Å²) in [4.78, 5) is 0. The molecule has 2 rings (SSSR count). The highest BCUT2D eigenvalue weighted by Gasteiger charge is 2.11. The Morgan fingerprint density at radius 1 is 1.21 bits per heavy atom. The molecule has 0 heterocycles. The number of nitrogens with one attached hydrogen (secondary N) is 1. The monoisotopic (exact) mass is 339 g/mol. The van der Waals surface area contributed by atoms with Crippen molar-refractivity contribution in [2.24, 2.45) is 0 Å². The van der Waals surface area contributed by atoms with E-state index in [9.17, 15) is 5.11 Å². The van der Waals surface area contributed by atoms with Gasteiger partial charge >= 0.3 is 0 Å². The van der Waals surface area contributed by atoms with Crippen molar-refractivity contribution in [3.63, 3.8) is 0 Å². The fourth-order valence-corrected chi connectivity index (χ4v) is 2.49. The first kappa shape index (κ1) is 14.4. The summed E-state index contributed by atoms with van der Waals surface area (Å²) >= 11 is 9.55. The van der Waals surface area contributed by atoms with Crippen LogP contribution in [0.1, 0.15) is 17.2 Å². The predicted octanol–water partition coefficient (Wildman–Crippen LogP) is 4.56. The van der Waals surface area contributed by atoms with Gasteiger partial charge in [0.15, 0.2) is 0 Å². The van der Waals surface area contributed by atoms with Crippen LogP contribution in [0.25, 0.3) is 0 Å². The van der Waals surface area contributed by atoms with Crippen molar-refractivity contribution in [2.75, 3.05) is 11.9 Å². The smallest absolute Gasteiger partial charge is 0.0976 e. The Balaban J connectivity index is 2.07. The van der Waals surface area contributed by atoms with Crippen molar-refractivity contribution in [2.45, 2.75) is 13.0 Å². The minimum atomic E-state index is -0.632. The Bertz CT molecular complexity index is 574. The minimum Gasteiger partial charge on any atom is -0.387 e. The minimum absolute atomic E-state index is 0.418. The van der Waals surface area contributed by atoms with E-state index in [0.717, 1.165) is 21.3 Å². The quantitative estimate of drug-likeness (QED) is 0.855. The highest BCUT2D eigenvalue weighted by Crippen LogP contribution is 2.26. The number of hydrogen-bond donors (Lipinski definition) is 2. The molecule has 0 saturated heterocycles. The molecule has 0 spiro atoms. The summed E-state index contributed by atoms with van der Waals surface area (Å²) in [6, 6.07) is 13.3. The Hall–Kier alpha value is -1.03. The molecule has 2 aromatic carbocycles.